The number of likely N-dealkylation sites (tertiary alicyclic amines) is 2. The van der Waals surface area contributed by atoms with Gasteiger partial charge in [-0.2, -0.15) is 5.10 Å². The molecule has 1 unspecified atom stereocenters. The van der Waals surface area contributed by atoms with Crippen LogP contribution in [0.4, 0.5) is 0 Å². The van der Waals surface area contributed by atoms with Crippen LogP contribution in [0.1, 0.15) is 41.9 Å². The number of nitrogens with one attached hydrogen (secondary N) is 2. The van der Waals surface area contributed by atoms with E-state index in [1.165, 1.54) is 0 Å². The highest BCUT2D eigenvalue weighted by molar-refractivity contribution is 5.92. The van der Waals surface area contributed by atoms with Crippen molar-refractivity contribution >= 4 is 11.8 Å². The van der Waals surface area contributed by atoms with Gasteiger partial charge >= 0.3 is 0 Å². The lowest BCUT2D eigenvalue weighted by Gasteiger charge is -2.42. The fourth-order valence-electron chi connectivity index (χ4n) is 4.36. The molecule has 0 spiro atoms. The molecule has 0 bridgehead atoms. The first-order chi connectivity index (χ1) is 14.2. The molecule has 0 aromatic carbocycles. The SMILES string of the molecule is O=C(NCc1ccccn1)C1CCCN(C2CCN(C(=O)c3ccn[nH]3)CC2)C1. The van der Waals surface area contributed by atoms with Crippen LogP contribution in [0, 0.1) is 5.92 Å². The zero-order valence-corrected chi connectivity index (χ0v) is 16.6. The number of rotatable bonds is 5. The van der Waals surface area contributed by atoms with E-state index in [1.54, 1.807) is 18.5 Å². The van der Waals surface area contributed by atoms with Crippen LogP contribution in [-0.2, 0) is 11.3 Å². The third kappa shape index (κ3) is 4.82. The van der Waals surface area contributed by atoms with Crippen molar-refractivity contribution < 1.29 is 9.59 Å². The Labute approximate surface area is 170 Å². The molecule has 4 heterocycles. The largest absolute Gasteiger partial charge is 0.350 e. The maximum atomic E-state index is 12.6. The van der Waals surface area contributed by atoms with E-state index in [9.17, 15) is 9.59 Å². The molecule has 2 aromatic heterocycles. The number of hydrogen-bond acceptors (Lipinski definition) is 5. The number of H-pyrrole nitrogens is 1. The summed E-state index contributed by atoms with van der Waals surface area (Å²) in [6, 6.07) is 7.88. The van der Waals surface area contributed by atoms with Gasteiger partial charge in [0.2, 0.25) is 5.91 Å². The molecule has 2 aromatic rings. The molecule has 0 radical (unpaired) electrons. The van der Waals surface area contributed by atoms with E-state index >= 15 is 0 Å². The molecule has 8 nitrogen and oxygen atoms in total. The van der Waals surface area contributed by atoms with E-state index in [0.717, 1.165) is 57.6 Å². The van der Waals surface area contributed by atoms with Gasteiger partial charge in [-0.15, -0.1) is 0 Å². The van der Waals surface area contributed by atoms with E-state index in [-0.39, 0.29) is 17.7 Å². The third-order valence-electron chi connectivity index (χ3n) is 5.99. The molecule has 8 heteroatoms. The molecule has 0 saturated carbocycles. The Morgan fingerprint density at radius 1 is 1.10 bits per heavy atom. The van der Waals surface area contributed by atoms with Gasteiger partial charge in [0.05, 0.1) is 18.2 Å². The van der Waals surface area contributed by atoms with Crippen molar-refractivity contribution in [1.29, 1.82) is 0 Å². The standard InChI is InChI=1S/C21H28N6O2/c28-20(23-14-17-5-1-2-9-22-17)16-4-3-11-27(15-16)18-7-12-26(13-8-18)21(29)19-6-10-24-25-19/h1-2,5-6,9-10,16,18H,3-4,7-8,11-15H2,(H,23,28)(H,24,25). The number of amides is 2. The number of pyridine rings is 1. The molecular weight excluding hydrogens is 368 g/mol. The normalized spacial score (nSPS) is 21.1. The summed E-state index contributed by atoms with van der Waals surface area (Å²) in [6.07, 6.45) is 7.21. The average Bonchev–Trinajstić information content (AvgIpc) is 3.33. The minimum absolute atomic E-state index is 0.0198. The van der Waals surface area contributed by atoms with E-state index in [0.29, 0.717) is 18.3 Å². The molecule has 2 aliphatic rings. The monoisotopic (exact) mass is 396 g/mol. The Morgan fingerprint density at radius 3 is 2.69 bits per heavy atom. The summed E-state index contributed by atoms with van der Waals surface area (Å²) in [7, 11) is 0. The van der Waals surface area contributed by atoms with Gasteiger partial charge in [0.15, 0.2) is 0 Å². The molecule has 154 valence electrons. The molecule has 2 amide bonds. The third-order valence-corrected chi connectivity index (χ3v) is 5.99. The van der Waals surface area contributed by atoms with Crippen LogP contribution in [0.2, 0.25) is 0 Å². The van der Waals surface area contributed by atoms with Crippen LogP contribution in [0.3, 0.4) is 0 Å². The fraction of sp³-hybridized carbons (Fsp3) is 0.524. The van der Waals surface area contributed by atoms with Crippen molar-refractivity contribution in [3.8, 4) is 0 Å². The van der Waals surface area contributed by atoms with E-state index in [2.05, 4.69) is 25.4 Å². The lowest BCUT2D eigenvalue weighted by atomic mass is 9.93. The number of aromatic amines is 1. The maximum Gasteiger partial charge on any atom is 0.271 e. The highest BCUT2D eigenvalue weighted by Crippen LogP contribution is 2.24. The Bertz CT molecular complexity index is 802. The number of carbonyl (C=O) groups excluding carboxylic acids is 2. The zero-order valence-electron chi connectivity index (χ0n) is 16.6. The van der Waals surface area contributed by atoms with E-state index in [1.807, 2.05) is 23.1 Å². The number of carbonyl (C=O) groups is 2. The van der Waals surface area contributed by atoms with Gasteiger partial charge < -0.3 is 10.2 Å². The predicted molar refractivity (Wildman–Crippen MR) is 108 cm³/mol. The second kappa shape index (κ2) is 9.17. The highest BCUT2D eigenvalue weighted by Gasteiger charge is 2.32. The van der Waals surface area contributed by atoms with Crippen molar-refractivity contribution in [3.63, 3.8) is 0 Å². The van der Waals surface area contributed by atoms with Gasteiger partial charge in [-0.1, -0.05) is 6.07 Å². The van der Waals surface area contributed by atoms with E-state index < -0.39 is 0 Å². The lowest BCUT2D eigenvalue weighted by Crippen LogP contribution is -2.51. The Kier molecular flexibility index (Phi) is 6.19. The van der Waals surface area contributed by atoms with Crippen molar-refractivity contribution in [3.05, 3.63) is 48.0 Å². The van der Waals surface area contributed by atoms with Gasteiger partial charge in [0, 0.05) is 38.1 Å². The van der Waals surface area contributed by atoms with Gasteiger partial charge in [-0.05, 0) is 50.4 Å². The van der Waals surface area contributed by atoms with Crippen LogP contribution in [0.25, 0.3) is 0 Å². The number of hydrogen-bond donors (Lipinski definition) is 2. The molecular formula is C21H28N6O2. The Morgan fingerprint density at radius 2 is 1.97 bits per heavy atom. The average molecular weight is 396 g/mol. The molecule has 29 heavy (non-hydrogen) atoms. The smallest absolute Gasteiger partial charge is 0.271 e. The molecule has 4 rings (SSSR count). The number of aromatic nitrogens is 3. The van der Waals surface area contributed by atoms with Crippen LogP contribution in [0.15, 0.2) is 36.7 Å². The molecule has 2 N–H and O–H groups in total. The number of nitrogens with zero attached hydrogens (tertiary/aromatic N) is 4. The van der Waals surface area contributed by atoms with Crippen LogP contribution >= 0.6 is 0 Å². The number of piperidine rings is 2. The zero-order chi connectivity index (χ0) is 20.1. The summed E-state index contributed by atoms with van der Waals surface area (Å²) in [4.78, 5) is 33.7. The highest BCUT2D eigenvalue weighted by atomic mass is 16.2. The maximum absolute atomic E-state index is 12.6. The second-order valence-corrected chi connectivity index (χ2v) is 7.87. The quantitative estimate of drug-likeness (QED) is 0.798. The molecule has 0 aliphatic carbocycles. The van der Waals surface area contributed by atoms with Crippen LogP contribution < -0.4 is 5.32 Å². The van der Waals surface area contributed by atoms with Gasteiger partial charge in [-0.25, -0.2) is 0 Å². The molecule has 1 atom stereocenters. The van der Waals surface area contributed by atoms with E-state index in [4.69, 9.17) is 0 Å². The van der Waals surface area contributed by atoms with Crippen molar-refractivity contribution in [2.75, 3.05) is 26.2 Å². The summed E-state index contributed by atoms with van der Waals surface area (Å²) in [5.41, 5.74) is 1.42. The van der Waals surface area contributed by atoms with Gasteiger partial charge in [-0.3, -0.25) is 24.6 Å². The Balaban J connectivity index is 1.25. The first-order valence-electron chi connectivity index (χ1n) is 10.4. The van der Waals surface area contributed by atoms with Crippen LogP contribution in [0.5, 0.6) is 0 Å². The second-order valence-electron chi connectivity index (χ2n) is 7.87. The lowest BCUT2D eigenvalue weighted by molar-refractivity contribution is -0.127. The topological polar surface area (TPSA) is 94.2 Å². The minimum Gasteiger partial charge on any atom is -0.350 e. The van der Waals surface area contributed by atoms with Crippen LogP contribution in [-0.4, -0.2) is 69.0 Å². The minimum atomic E-state index is 0.0198. The fourth-order valence-corrected chi connectivity index (χ4v) is 4.36. The van der Waals surface area contributed by atoms with Gasteiger partial charge in [0.25, 0.3) is 5.91 Å². The van der Waals surface area contributed by atoms with Gasteiger partial charge in [0.1, 0.15) is 5.69 Å². The summed E-state index contributed by atoms with van der Waals surface area (Å²) in [5, 5.41) is 9.65. The summed E-state index contributed by atoms with van der Waals surface area (Å²) >= 11 is 0. The summed E-state index contributed by atoms with van der Waals surface area (Å²) in [5.74, 6) is 0.163. The predicted octanol–water partition coefficient (Wildman–Crippen LogP) is 1.44. The van der Waals surface area contributed by atoms with Crippen molar-refractivity contribution in [2.24, 2.45) is 5.92 Å². The molecule has 2 fully saturated rings. The Hall–Kier alpha value is -2.74. The summed E-state index contributed by atoms with van der Waals surface area (Å²) in [6.45, 7) is 3.80. The van der Waals surface area contributed by atoms with Crippen molar-refractivity contribution in [2.45, 2.75) is 38.3 Å². The first kappa shape index (κ1) is 19.6. The molecule has 2 aliphatic heterocycles. The first-order valence-corrected chi connectivity index (χ1v) is 10.4. The summed E-state index contributed by atoms with van der Waals surface area (Å²) < 4.78 is 0. The molecule has 2 saturated heterocycles. The van der Waals surface area contributed by atoms with Crippen molar-refractivity contribution in [1.82, 2.24) is 30.3 Å².